The quantitative estimate of drug-likeness (QED) is 0.839. The van der Waals surface area contributed by atoms with Gasteiger partial charge in [-0.3, -0.25) is 19.4 Å². The molecule has 0 atom stereocenters. The molecule has 2 aromatic heterocycles. The number of aromatic nitrogens is 2. The van der Waals surface area contributed by atoms with Gasteiger partial charge in [-0.25, -0.2) is 9.78 Å². The van der Waals surface area contributed by atoms with Crippen molar-refractivity contribution in [3.8, 4) is 0 Å². The first kappa shape index (κ1) is 19.5. The summed E-state index contributed by atoms with van der Waals surface area (Å²) in [5.41, 5.74) is 2.20. The SMILES string of the molecule is O=C1CCN(c2cnc3cc(C4CCN(CC5CCCCC5)CC4)ccn23)C(=O)N1. The van der Waals surface area contributed by atoms with Crippen molar-refractivity contribution in [2.75, 3.05) is 31.1 Å². The Hall–Kier alpha value is -2.41. The number of likely N-dealkylation sites (tertiary alicyclic amines) is 1. The molecular formula is C23H31N5O2. The van der Waals surface area contributed by atoms with Crippen LogP contribution in [0.5, 0.6) is 0 Å². The first-order valence-corrected chi connectivity index (χ1v) is 11.5. The minimum absolute atomic E-state index is 0.220. The monoisotopic (exact) mass is 409 g/mol. The molecule has 3 amide bonds. The summed E-state index contributed by atoms with van der Waals surface area (Å²) in [4.78, 5) is 32.4. The first-order valence-electron chi connectivity index (χ1n) is 11.5. The molecule has 3 fully saturated rings. The molecule has 0 bridgehead atoms. The maximum atomic E-state index is 12.2. The van der Waals surface area contributed by atoms with E-state index in [1.54, 1.807) is 11.1 Å². The standard InChI is InChI=1S/C23H31N5O2/c29-21-9-13-28(23(30)25-21)22-15-24-20-14-19(8-12-27(20)22)18-6-10-26(11-7-18)16-17-4-2-1-3-5-17/h8,12,14-15,17-18H,1-7,9-11,13,16H2,(H,25,29,30). The number of imidazole rings is 1. The van der Waals surface area contributed by atoms with Crippen molar-refractivity contribution in [1.29, 1.82) is 0 Å². The summed E-state index contributed by atoms with van der Waals surface area (Å²) in [6, 6.07) is 3.97. The third-order valence-electron chi connectivity index (χ3n) is 7.15. The Balaban J connectivity index is 1.24. The molecule has 5 rings (SSSR count). The number of urea groups is 1. The van der Waals surface area contributed by atoms with Crippen LogP contribution in [0.2, 0.25) is 0 Å². The second-order valence-corrected chi connectivity index (χ2v) is 9.14. The van der Waals surface area contributed by atoms with Crippen molar-refractivity contribution in [3.63, 3.8) is 0 Å². The molecule has 30 heavy (non-hydrogen) atoms. The number of fused-ring (bicyclic) bond motifs is 1. The number of nitrogens with one attached hydrogen (secondary N) is 1. The molecular weight excluding hydrogens is 378 g/mol. The summed E-state index contributed by atoms with van der Waals surface area (Å²) in [7, 11) is 0. The van der Waals surface area contributed by atoms with Gasteiger partial charge in [-0.1, -0.05) is 19.3 Å². The molecule has 2 aliphatic heterocycles. The zero-order valence-corrected chi connectivity index (χ0v) is 17.6. The van der Waals surface area contributed by atoms with E-state index in [0.717, 1.165) is 11.6 Å². The third kappa shape index (κ3) is 3.95. The van der Waals surface area contributed by atoms with E-state index in [0.29, 0.717) is 24.7 Å². The molecule has 4 heterocycles. The summed E-state index contributed by atoms with van der Waals surface area (Å²) in [6.07, 6.45) is 13.6. The van der Waals surface area contributed by atoms with E-state index < -0.39 is 0 Å². The first-order chi connectivity index (χ1) is 14.7. The van der Waals surface area contributed by atoms with Gasteiger partial charge in [0.1, 0.15) is 11.5 Å². The number of nitrogens with zero attached hydrogens (tertiary/aromatic N) is 4. The Morgan fingerprint density at radius 1 is 1.03 bits per heavy atom. The molecule has 3 aliphatic rings. The van der Waals surface area contributed by atoms with E-state index in [4.69, 9.17) is 0 Å². The van der Waals surface area contributed by atoms with Gasteiger partial charge in [0.2, 0.25) is 5.91 Å². The lowest BCUT2D eigenvalue weighted by molar-refractivity contribution is -0.120. The van der Waals surface area contributed by atoms with Crippen LogP contribution in [0.25, 0.3) is 5.65 Å². The van der Waals surface area contributed by atoms with Gasteiger partial charge in [0.05, 0.1) is 6.20 Å². The van der Waals surface area contributed by atoms with Crippen LogP contribution in [0.3, 0.4) is 0 Å². The van der Waals surface area contributed by atoms with Crippen molar-refractivity contribution < 1.29 is 9.59 Å². The number of rotatable bonds is 4. The second kappa shape index (κ2) is 8.38. The minimum atomic E-state index is -0.373. The van der Waals surface area contributed by atoms with Crippen LogP contribution >= 0.6 is 0 Å². The van der Waals surface area contributed by atoms with Crippen molar-refractivity contribution in [3.05, 3.63) is 30.1 Å². The van der Waals surface area contributed by atoms with Crippen LogP contribution < -0.4 is 10.2 Å². The average molecular weight is 410 g/mol. The fourth-order valence-corrected chi connectivity index (χ4v) is 5.40. The smallest absolute Gasteiger partial charge is 0.303 e. The van der Waals surface area contributed by atoms with Gasteiger partial charge in [-0.2, -0.15) is 0 Å². The third-order valence-corrected chi connectivity index (χ3v) is 7.15. The van der Waals surface area contributed by atoms with Crippen LogP contribution in [0, 0.1) is 5.92 Å². The highest BCUT2D eigenvalue weighted by Crippen LogP contribution is 2.31. The second-order valence-electron chi connectivity index (χ2n) is 9.14. The van der Waals surface area contributed by atoms with Gasteiger partial charge < -0.3 is 4.90 Å². The minimum Gasteiger partial charge on any atom is -0.303 e. The van der Waals surface area contributed by atoms with E-state index in [-0.39, 0.29) is 11.9 Å². The van der Waals surface area contributed by atoms with Crippen LogP contribution in [-0.2, 0) is 4.79 Å². The lowest BCUT2D eigenvalue weighted by atomic mass is 9.86. The summed E-state index contributed by atoms with van der Waals surface area (Å²) < 4.78 is 1.94. The Kier molecular flexibility index (Phi) is 5.46. The van der Waals surface area contributed by atoms with E-state index >= 15 is 0 Å². The summed E-state index contributed by atoms with van der Waals surface area (Å²) in [6.45, 7) is 4.05. The number of pyridine rings is 1. The van der Waals surface area contributed by atoms with Gasteiger partial charge in [0, 0.05) is 25.7 Å². The molecule has 0 spiro atoms. The maximum absolute atomic E-state index is 12.2. The fraction of sp³-hybridized carbons (Fsp3) is 0.609. The van der Waals surface area contributed by atoms with E-state index in [1.807, 2.05) is 10.6 Å². The molecule has 160 valence electrons. The van der Waals surface area contributed by atoms with Gasteiger partial charge in [-0.15, -0.1) is 0 Å². The Morgan fingerprint density at radius 3 is 2.60 bits per heavy atom. The normalized spacial score (nSPS) is 22.6. The predicted molar refractivity (Wildman–Crippen MR) is 116 cm³/mol. The summed E-state index contributed by atoms with van der Waals surface area (Å²) in [5.74, 6) is 1.98. The lowest BCUT2D eigenvalue weighted by Gasteiger charge is -2.35. The number of carbonyl (C=O) groups is 2. The number of hydrogen-bond acceptors (Lipinski definition) is 4. The largest absolute Gasteiger partial charge is 0.329 e. The number of amides is 3. The van der Waals surface area contributed by atoms with E-state index in [1.165, 1.54) is 70.1 Å². The molecule has 7 heteroatoms. The van der Waals surface area contributed by atoms with Crippen molar-refractivity contribution in [2.45, 2.75) is 57.3 Å². The Morgan fingerprint density at radius 2 is 1.83 bits per heavy atom. The van der Waals surface area contributed by atoms with Crippen LogP contribution in [-0.4, -0.2) is 52.4 Å². The van der Waals surface area contributed by atoms with Crippen molar-refractivity contribution >= 4 is 23.4 Å². The highest BCUT2D eigenvalue weighted by atomic mass is 16.2. The molecule has 0 radical (unpaired) electrons. The Bertz CT molecular complexity index is 925. The molecule has 0 unspecified atom stereocenters. The fourth-order valence-electron chi connectivity index (χ4n) is 5.40. The molecule has 1 saturated carbocycles. The topological polar surface area (TPSA) is 70.0 Å². The zero-order chi connectivity index (χ0) is 20.5. The molecule has 2 saturated heterocycles. The molecule has 1 N–H and O–H groups in total. The van der Waals surface area contributed by atoms with Crippen LogP contribution in [0.15, 0.2) is 24.5 Å². The highest BCUT2D eigenvalue weighted by molar-refractivity contribution is 6.05. The maximum Gasteiger partial charge on any atom is 0.329 e. The average Bonchev–Trinajstić information content (AvgIpc) is 3.18. The van der Waals surface area contributed by atoms with Crippen LogP contribution in [0.1, 0.15) is 62.8 Å². The van der Waals surface area contributed by atoms with E-state index in [9.17, 15) is 9.59 Å². The molecule has 7 nitrogen and oxygen atoms in total. The Labute approximate surface area is 177 Å². The van der Waals surface area contributed by atoms with Crippen molar-refractivity contribution in [1.82, 2.24) is 19.6 Å². The molecule has 2 aromatic rings. The van der Waals surface area contributed by atoms with Gasteiger partial charge >= 0.3 is 6.03 Å². The van der Waals surface area contributed by atoms with Gasteiger partial charge in [0.25, 0.3) is 0 Å². The molecule has 0 aromatic carbocycles. The number of anilines is 1. The van der Waals surface area contributed by atoms with E-state index in [2.05, 4.69) is 27.3 Å². The van der Waals surface area contributed by atoms with Gasteiger partial charge in [0.15, 0.2) is 0 Å². The number of imide groups is 1. The number of piperidine rings is 1. The number of carbonyl (C=O) groups excluding carboxylic acids is 2. The summed E-state index contributed by atoms with van der Waals surface area (Å²) >= 11 is 0. The predicted octanol–water partition coefficient (Wildman–Crippen LogP) is 3.54. The highest BCUT2D eigenvalue weighted by Gasteiger charge is 2.27. The molecule has 1 aliphatic carbocycles. The van der Waals surface area contributed by atoms with Gasteiger partial charge in [-0.05, 0) is 68.3 Å². The summed E-state index contributed by atoms with van der Waals surface area (Å²) in [5, 5.41) is 2.38. The van der Waals surface area contributed by atoms with Crippen molar-refractivity contribution in [2.24, 2.45) is 5.92 Å². The zero-order valence-electron chi connectivity index (χ0n) is 17.6. The number of hydrogen-bond donors (Lipinski definition) is 1. The lowest BCUT2D eigenvalue weighted by Crippen LogP contribution is -2.50. The van der Waals surface area contributed by atoms with Crippen LogP contribution in [0.4, 0.5) is 10.6 Å².